The third-order valence-corrected chi connectivity index (χ3v) is 14.9. The van der Waals surface area contributed by atoms with E-state index in [9.17, 15) is 0 Å². The summed E-state index contributed by atoms with van der Waals surface area (Å²) in [5.41, 5.74) is 13.8. The van der Waals surface area contributed by atoms with Crippen LogP contribution in [-0.4, -0.2) is 19.1 Å². The monoisotopic (exact) mass is 918 g/mol. The largest absolute Gasteiger partial charge is 0.436 e. The Kier molecular flexibility index (Phi) is 8.07. The number of benzene rings is 12. The van der Waals surface area contributed by atoms with E-state index in [1.807, 2.05) is 12.1 Å². The Morgan fingerprint density at radius 3 is 1.00 bits per heavy atom. The lowest BCUT2D eigenvalue weighted by Crippen LogP contribution is -1.95. The number of oxazole rings is 2. The zero-order valence-electron chi connectivity index (χ0n) is 38.5. The van der Waals surface area contributed by atoms with Gasteiger partial charge in [-0.05, 0) is 128 Å². The van der Waals surface area contributed by atoms with Crippen LogP contribution in [0.4, 0.5) is 0 Å². The van der Waals surface area contributed by atoms with Gasteiger partial charge in [0.15, 0.2) is 11.2 Å². The predicted octanol–water partition coefficient (Wildman–Crippen LogP) is 17.8. The number of rotatable bonds is 5. The highest BCUT2D eigenvalue weighted by atomic mass is 16.4. The Bertz CT molecular complexity index is 4600. The van der Waals surface area contributed by atoms with Gasteiger partial charge >= 0.3 is 0 Å². The molecule has 0 fully saturated rings. The van der Waals surface area contributed by atoms with E-state index in [1.54, 1.807) is 0 Å². The van der Waals surface area contributed by atoms with Crippen molar-refractivity contribution in [3.8, 4) is 45.4 Å². The average molecular weight is 919 g/mol. The van der Waals surface area contributed by atoms with Crippen molar-refractivity contribution in [3.05, 3.63) is 231 Å². The Morgan fingerprint density at radius 2 is 0.597 bits per heavy atom. The molecule has 4 aromatic heterocycles. The molecule has 6 heteroatoms. The maximum atomic E-state index is 6.41. The molecule has 0 atom stereocenters. The van der Waals surface area contributed by atoms with E-state index >= 15 is 0 Å². The van der Waals surface area contributed by atoms with Crippen LogP contribution in [0.2, 0.25) is 0 Å². The molecule has 0 unspecified atom stereocenters. The molecular formula is C66H38N4O2. The van der Waals surface area contributed by atoms with Crippen molar-refractivity contribution in [2.45, 2.75) is 0 Å². The van der Waals surface area contributed by atoms with E-state index in [4.69, 9.17) is 18.8 Å². The van der Waals surface area contributed by atoms with Gasteiger partial charge in [-0.1, -0.05) is 146 Å². The topological polar surface area (TPSA) is 61.9 Å². The average Bonchev–Trinajstić information content (AvgIpc) is 4.24. The minimum atomic E-state index is 0.579. The molecule has 0 spiro atoms. The van der Waals surface area contributed by atoms with Gasteiger partial charge in [-0.2, -0.15) is 0 Å². The molecular weight excluding hydrogens is 881 g/mol. The lowest BCUT2D eigenvalue weighted by Gasteiger charge is -2.12. The molecule has 16 rings (SSSR count). The van der Waals surface area contributed by atoms with Gasteiger partial charge < -0.3 is 18.0 Å². The maximum absolute atomic E-state index is 6.41. The van der Waals surface area contributed by atoms with Crippen LogP contribution in [0.3, 0.4) is 0 Å². The van der Waals surface area contributed by atoms with E-state index in [1.165, 1.54) is 86.7 Å². The molecule has 0 bridgehead atoms. The van der Waals surface area contributed by atoms with Gasteiger partial charge in [-0.25, -0.2) is 9.97 Å². The van der Waals surface area contributed by atoms with Crippen molar-refractivity contribution >= 4 is 109 Å². The first-order chi connectivity index (χ1) is 35.7. The first-order valence-electron chi connectivity index (χ1n) is 24.4. The summed E-state index contributed by atoms with van der Waals surface area (Å²) >= 11 is 0. The van der Waals surface area contributed by atoms with Crippen LogP contribution in [0, 0.1) is 0 Å². The molecule has 72 heavy (non-hydrogen) atoms. The predicted molar refractivity (Wildman–Crippen MR) is 297 cm³/mol. The Hall–Kier alpha value is -9.78. The second kappa shape index (κ2) is 14.9. The van der Waals surface area contributed by atoms with Crippen LogP contribution in [0.15, 0.2) is 239 Å². The molecule has 4 heterocycles. The maximum Gasteiger partial charge on any atom is 0.227 e. The van der Waals surface area contributed by atoms with Gasteiger partial charge in [0.1, 0.15) is 11.0 Å². The van der Waals surface area contributed by atoms with Gasteiger partial charge in [0.2, 0.25) is 11.8 Å². The number of nitrogens with zero attached hydrogens (tertiary/aromatic N) is 4. The van der Waals surface area contributed by atoms with E-state index < -0.39 is 0 Å². The second-order valence-corrected chi connectivity index (χ2v) is 18.8. The quantitative estimate of drug-likeness (QED) is 0.161. The molecule has 12 aromatic carbocycles. The van der Waals surface area contributed by atoms with Crippen molar-refractivity contribution in [3.63, 3.8) is 0 Å². The molecule has 0 aliphatic heterocycles. The molecule has 0 N–H and O–H groups in total. The molecule has 0 saturated carbocycles. The lowest BCUT2D eigenvalue weighted by molar-refractivity contribution is 0.619. The van der Waals surface area contributed by atoms with Crippen molar-refractivity contribution in [2.24, 2.45) is 0 Å². The summed E-state index contributed by atoms with van der Waals surface area (Å²) in [5, 5.41) is 15.0. The van der Waals surface area contributed by atoms with Crippen LogP contribution < -0.4 is 0 Å². The van der Waals surface area contributed by atoms with Crippen molar-refractivity contribution in [1.29, 1.82) is 0 Å². The minimum absolute atomic E-state index is 0.579. The van der Waals surface area contributed by atoms with E-state index in [0.29, 0.717) is 11.8 Å². The fourth-order valence-electron chi connectivity index (χ4n) is 11.8. The first-order valence-corrected chi connectivity index (χ1v) is 24.4. The van der Waals surface area contributed by atoms with E-state index in [0.717, 1.165) is 55.8 Å². The summed E-state index contributed by atoms with van der Waals surface area (Å²) in [5.74, 6) is 1.16. The number of fused-ring (bicyclic) bond motifs is 18. The van der Waals surface area contributed by atoms with Gasteiger partial charge in [0, 0.05) is 54.8 Å². The number of aromatic nitrogens is 4. The highest BCUT2D eigenvalue weighted by Gasteiger charge is 2.21. The molecule has 6 nitrogen and oxygen atoms in total. The first kappa shape index (κ1) is 39.1. The van der Waals surface area contributed by atoms with Crippen molar-refractivity contribution in [2.75, 3.05) is 0 Å². The molecule has 0 radical (unpaired) electrons. The summed E-state index contributed by atoms with van der Waals surface area (Å²) in [7, 11) is 0. The molecule has 0 aliphatic carbocycles. The SMILES string of the molecule is c1ccc2c(c1)c1ccccc1c1c2c2ccccc2n1-c1ccc(-c2nc3cc(-c4ccc5oc(-c6ccc(-n7c8ccccc8c8c9ccccc9c9ccccc9c87)cc6)nc5c4)ccc3o2)cc1. The Morgan fingerprint density at radius 1 is 0.278 bits per heavy atom. The molecule has 0 amide bonds. The fourth-order valence-corrected chi connectivity index (χ4v) is 11.8. The molecule has 16 aromatic rings. The highest BCUT2D eigenvalue weighted by Crippen LogP contribution is 2.45. The van der Waals surface area contributed by atoms with E-state index in [2.05, 4.69) is 228 Å². The smallest absolute Gasteiger partial charge is 0.227 e. The van der Waals surface area contributed by atoms with Gasteiger partial charge in [0.25, 0.3) is 0 Å². The molecule has 0 saturated heterocycles. The van der Waals surface area contributed by atoms with Crippen LogP contribution >= 0.6 is 0 Å². The number of hydrogen-bond acceptors (Lipinski definition) is 4. The molecule has 334 valence electrons. The van der Waals surface area contributed by atoms with Gasteiger partial charge in [-0.3, -0.25) is 0 Å². The third kappa shape index (κ3) is 5.60. The third-order valence-electron chi connectivity index (χ3n) is 14.9. The standard InChI is InChI=1S/C66H38N4O2/c1-5-17-49-45(13-1)47-15-3-7-19-51(47)63-61(49)53-21-9-11-23-57(53)69(63)43-31-25-39(26-32-43)65-67-55-37-41(29-35-59(55)71-65)42-30-36-60-56(38-42)68-66(72-60)40-27-33-44(34-28-40)70-58-24-12-10-22-54(58)62-50-18-6-2-14-46(50)48-16-4-8-20-52(48)64(62)70/h1-38H. The zero-order chi connectivity index (χ0) is 47.0. The number of para-hydroxylation sites is 2. The molecule has 0 aliphatic rings. The summed E-state index contributed by atoms with van der Waals surface area (Å²) in [6.07, 6.45) is 0. The normalized spacial score (nSPS) is 12.2. The summed E-state index contributed by atoms with van der Waals surface area (Å²) < 4.78 is 17.6. The Labute approximate surface area is 410 Å². The zero-order valence-corrected chi connectivity index (χ0v) is 38.5. The lowest BCUT2D eigenvalue weighted by atomic mass is 9.97. The highest BCUT2D eigenvalue weighted by molar-refractivity contribution is 6.33. The van der Waals surface area contributed by atoms with Crippen molar-refractivity contribution < 1.29 is 8.83 Å². The van der Waals surface area contributed by atoms with E-state index in [-0.39, 0.29) is 0 Å². The van der Waals surface area contributed by atoms with Crippen LogP contribution in [0.1, 0.15) is 0 Å². The summed E-state index contributed by atoms with van der Waals surface area (Å²) in [6, 6.07) is 82.0. The van der Waals surface area contributed by atoms with Gasteiger partial charge in [0.05, 0.1) is 22.1 Å². The summed E-state index contributed by atoms with van der Waals surface area (Å²) in [4.78, 5) is 10.0. The van der Waals surface area contributed by atoms with Gasteiger partial charge in [-0.15, -0.1) is 0 Å². The van der Waals surface area contributed by atoms with Crippen LogP contribution in [-0.2, 0) is 0 Å². The van der Waals surface area contributed by atoms with Crippen molar-refractivity contribution in [1.82, 2.24) is 19.1 Å². The number of hydrogen-bond donors (Lipinski definition) is 0. The van der Waals surface area contributed by atoms with Crippen LogP contribution in [0.25, 0.3) is 154 Å². The minimum Gasteiger partial charge on any atom is -0.436 e. The van der Waals surface area contributed by atoms with Crippen LogP contribution in [0.5, 0.6) is 0 Å². The fraction of sp³-hybridized carbons (Fsp3) is 0. The Balaban J connectivity index is 0.722. The second-order valence-electron chi connectivity index (χ2n) is 18.8. The summed E-state index contributed by atoms with van der Waals surface area (Å²) in [6.45, 7) is 0.